The van der Waals surface area contributed by atoms with Crippen molar-refractivity contribution in [1.82, 2.24) is 10.3 Å². The number of nitrogens with one attached hydrogen (secondary N) is 2. The summed E-state index contributed by atoms with van der Waals surface area (Å²) >= 11 is 0. The predicted molar refractivity (Wildman–Crippen MR) is 129 cm³/mol. The number of aromatic nitrogens is 1. The van der Waals surface area contributed by atoms with Crippen molar-refractivity contribution < 1.29 is 9.59 Å². The molecule has 5 heteroatoms. The molecule has 2 N–H and O–H groups in total. The Balaban J connectivity index is 1.56. The first-order valence-corrected chi connectivity index (χ1v) is 10.5. The molecule has 0 unspecified atom stereocenters. The highest BCUT2D eigenvalue weighted by Gasteiger charge is 2.15. The molecule has 0 aliphatic rings. The monoisotopic (exact) mass is 423 g/mol. The molecule has 0 radical (unpaired) electrons. The molecule has 0 aliphatic carbocycles. The summed E-state index contributed by atoms with van der Waals surface area (Å²) in [5.41, 5.74) is 6.78. The molecule has 5 nitrogen and oxygen atoms in total. The summed E-state index contributed by atoms with van der Waals surface area (Å²) in [6.45, 7) is 5.82. The van der Waals surface area contributed by atoms with Crippen LogP contribution in [-0.4, -0.2) is 23.3 Å². The van der Waals surface area contributed by atoms with E-state index in [1.807, 2.05) is 87.5 Å². The fraction of sp³-hybridized carbons (Fsp3) is 0.148. The fourth-order valence-electron chi connectivity index (χ4n) is 3.94. The molecule has 0 saturated heterocycles. The average Bonchev–Trinajstić information content (AvgIpc) is 2.79. The Morgan fingerprint density at radius 2 is 1.50 bits per heavy atom. The van der Waals surface area contributed by atoms with Gasteiger partial charge in [-0.05, 0) is 44.0 Å². The standard InChI is InChI=1S/C27H25N3O2/c1-17-13-18(2)26(19(3)14-17)30-25(31)16-28-27(32)22-15-24(20-9-5-4-6-10-20)29-23-12-8-7-11-21(22)23/h4-15H,16H2,1-3H3,(H,28,32)(H,30,31). The van der Waals surface area contributed by atoms with Crippen LogP contribution in [0.4, 0.5) is 5.69 Å². The third-order valence-electron chi connectivity index (χ3n) is 5.38. The normalized spacial score (nSPS) is 10.7. The molecule has 2 amide bonds. The number of carbonyl (C=O) groups is 2. The van der Waals surface area contributed by atoms with Crippen LogP contribution in [0.2, 0.25) is 0 Å². The molecular formula is C27H25N3O2. The first kappa shape index (κ1) is 21.2. The molecule has 0 bridgehead atoms. The number of carbonyl (C=O) groups excluding carboxylic acids is 2. The lowest BCUT2D eigenvalue weighted by atomic mass is 10.0. The van der Waals surface area contributed by atoms with Gasteiger partial charge in [0.1, 0.15) is 0 Å². The van der Waals surface area contributed by atoms with Crippen molar-refractivity contribution in [2.24, 2.45) is 0 Å². The molecule has 4 aromatic rings. The van der Waals surface area contributed by atoms with Crippen molar-refractivity contribution in [3.8, 4) is 11.3 Å². The minimum Gasteiger partial charge on any atom is -0.343 e. The number of nitrogens with zero attached hydrogens (tertiary/aromatic N) is 1. The Bertz CT molecular complexity index is 1290. The van der Waals surface area contributed by atoms with Gasteiger partial charge < -0.3 is 10.6 Å². The highest BCUT2D eigenvalue weighted by Crippen LogP contribution is 2.25. The van der Waals surface area contributed by atoms with Crippen LogP contribution in [0.3, 0.4) is 0 Å². The van der Waals surface area contributed by atoms with Gasteiger partial charge in [-0.1, -0.05) is 66.2 Å². The number of rotatable bonds is 5. The number of para-hydroxylation sites is 1. The Morgan fingerprint density at radius 1 is 0.844 bits per heavy atom. The number of amides is 2. The van der Waals surface area contributed by atoms with Crippen molar-refractivity contribution in [3.05, 3.63) is 95.1 Å². The van der Waals surface area contributed by atoms with Crippen LogP contribution in [0, 0.1) is 20.8 Å². The summed E-state index contributed by atoms with van der Waals surface area (Å²) in [5, 5.41) is 6.43. The largest absolute Gasteiger partial charge is 0.343 e. The molecule has 0 aliphatic heterocycles. The molecular weight excluding hydrogens is 398 g/mol. The molecule has 0 spiro atoms. The lowest BCUT2D eigenvalue weighted by molar-refractivity contribution is -0.115. The molecule has 4 rings (SSSR count). The predicted octanol–water partition coefficient (Wildman–Crippen LogP) is 5.20. The minimum atomic E-state index is -0.312. The topological polar surface area (TPSA) is 71.1 Å². The average molecular weight is 424 g/mol. The molecule has 32 heavy (non-hydrogen) atoms. The molecule has 1 heterocycles. The summed E-state index contributed by atoms with van der Waals surface area (Å²) in [5.74, 6) is -0.580. The highest BCUT2D eigenvalue weighted by atomic mass is 16.2. The van der Waals surface area contributed by atoms with Gasteiger partial charge in [-0.2, -0.15) is 0 Å². The van der Waals surface area contributed by atoms with Gasteiger partial charge in [-0.15, -0.1) is 0 Å². The second-order valence-corrected chi connectivity index (χ2v) is 7.94. The quantitative estimate of drug-likeness (QED) is 0.464. The maximum absolute atomic E-state index is 13.1. The van der Waals surface area contributed by atoms with Crippen LogP contribution < -0.4 is 10.6 Å². The maximum atomic E-state index is 13.1. The fourth-order valence-corrected chi connectivity index (χ4v) is 3.94. The van der Waals surface area contributed by atoms with Crippen molar-refractivity contribution in [3.63, 3.8) is 0 Å². The molecule has 160 valence electrons. The highest BCUT2D eigenvalue weighted by molar-refractivity contribution is 6.08. The third kappa shape index (κ3) is 4.52. The Kier molecular flexibility index (Phi) is 5.99. The van der Waals surface area contributed by atoms with Crippen molar-refractivity contribution in [2.45, 2.75) is 20.8 Å². The van der Waals surface area contributed by atoms with Crippen LogP contribution in [0.1, 0.15) is 27.0 Å². The van der Waals surface area contributed by atoms with Gasteiger partial charge in [0.25, 0.3) is 5.91 Å². The van der Waals surface area contributed by atoms with Gasteiger partial charge in [-0.3, -0.25) is 9.59 Å². The first-order chi connectivity index (χ1) is 15.4. The molecule has 0 saturated carbocycles. The van der Waals surface area contributed by atoms with Gasteiger partial charge in [0.05, 0.1) is 23.3 Å². The summed E-state index contributed by atoms with van der Waals surface area (Å²) in [7, 11) is 0. The zero-order chi connectivity index (χ0) is 22.7. The van der Waals surface area contributed by atoms with E-state index in [-0.39, 0.29) is 18.4 Å². The van der Waals surface area contributed by atoms with Crippen molar-refractivity contribution in [2.75, 3.05) is 11.9 Å². The summed E-state index contributed by atoms with van der Waals surface area (Å²) in [6, 6.07) is 23.1. The number of hydrogen-bond acceptors (Lipinski definition) is 3. The summed E-state index contributed by atoms with van der Waals surface area (Å²) in [4.78, 5) is 30.3. The van der Waals surface area contributed by atoms with Gasteiger partial charge in [0.2, 0.25) is 5.91 Å². The van der Waals surface area contributed by atoms with E-state index >= 15 is 0 Å². The van der Waals surface area contributed by atoms with Gasteiger partial charge in [0, 0.05) is 16.6 Å². The molecule has 0 fully saturated rings. The SMILES string of the molecule is Cc1cc(C)c(NC(=O)CNC(=O)c2cc(-c3ccccc3)nc3ccccc23)c(C)c1. The van der Waals surface area contributed by atoms with Crippen LogP contribution >= 0.6 is 0 Å². The van der Waals surface area contributed by atoms with Crippen molar-refractivity contribution >= 4 is 28.4 Å². The van der Waals surface area contributed by atoms with Crippen LogP contribution in [-0.2, 0) is 4.79 Å². The summed E-state index contributed by atoms with van der Waals surface area (Å²) < 4.78 is 0. The van der Waals surface area contributed by atoms with Gasteiger partial charge >= 0.3 is 0 Å². The van der Waals surface area contributed by atoms with E-state index in [2.05, 4.69) is 10.6 Å². The van der Waals surface area contributed by atoms with Gasteiger partial charge in [0.15, 0.2) is 0 Å². The number of aryl methyl sites for hydroxylation is 3. The number of benzene rings is 3. The van der Waals surface area contributed by atoms with E-state index in [0.29, 0.717) is 11.3 Å². The Labute approximate surface area is 187 Å². The smallest absolute Gasteiger partial charge is 0.252 e. The molecule has 3 aromatic carbocycles. The Hall–Kier alpha value is -3.99. The van der Waals surface area contributed by atoms with Gasteiger partial charge in [-0.25, -0.2) is 4.98 Å². The number of fused-ring (bicyclic) bond motifs is 1. The van der Waals surface area contributed by atoms with Crippen LogP contribution in [0.5, 0.6) is 0 Å². The number of pyridine rings is 1. The molecule has 0 atom stereocenters. The third-order valence-corrected chi connectivity index (χ3v) is 5.38. The lowest BCUT2D eigenvalue weighted by Gasteiger charge is -2.14. The van der Waals surface area contributed by atoms with E-state index in [9.17, 15) is 9.59 Å². The first-order valence-electron chi connectivity index (χ1n) is 10.5. The van der Waals surface area contributed by atoms with E-state index in [4.69, 9.17) is 4.98 Å². The maximum Gasteiger partial charge on any atom is 0.252 e. The zero-order valence-electron chi connectivity index (χ0n) is 18.4. The van der Waals surface area contributed by atoms with Crippen LogP contribution in [0.25, 0.3) is 22.2 Å². The minimum absolute atomic E-state index is 0.122. The second kappa shape index (κ2) is 9.02. The van der Waals surface area contributed by atoms with Crippen LogP contribution in [0.15, 0.2) is 72.8 Å². The molecule has 1 aromatic heterocycles. The second-order valence-electron chi connectivity index (χ2n) is 7.94. The summed E-state index contributed by atoms with van der Waals surface area (Å²) in [6.07, 6.45) is 0. The number of anilines is 1. The van der Waals surface area contributed by atoms with E-state index in [1.165, 1.54) is 0 Å². The number of hydrogen-bond donors (Lipinski definition) is 2. The zero-order valence-corrected chi connectivity index (χ0v) is 18.4. The van der Waals surface area contributed by atoms with Crippen molar-refractivity contribution in [1.29, 1.82) is 0 Å². The lowest BCUT2D eigenvalue weighted by Crippen LogP contribution is -2.33. The Morgan fingerprint density at radius 3 is 2.22 bits per heavy atom. The van der Waals surface area contributed by atoms with E-state index in [1.54, 1.807) is 6.07 Å². The van der Waals surface area contributed by atoms with E-state index < -0.39 is 0 Å². The van der Waals surface area contributed by atoms with E-state index in [0.717, 1.165) is 38.8 Å².